The molecule has 0 radical (unpaired) electrons. The largest absolute Gasteiger partial charge is 0.472 e. The first-order valence-corrected chi connectivity index (χ1v) is 29.6. The molecule has 3 atom stereocenters. The van der Waals surface area contributed by atoms with E-state index in [9.17, 15) is 19.4 Å². The summed E-state index contributed by atoms with van der Waals surface area (Å²) in [5.41, 5.74) is 0. The van der Waals surface area contributed by atoms with Gasteiger partial charge in [-0.05, 0) is 103 Å². The molecule has 0 heterocycles. The molecular formula is C62H106N2O6P+. The van der Waals surface area contributed by atoms with E-state index in [1.165, 1.54) is 77.0 Å². The minimum Gasteiger partial charge on any atom is -0.387 e. The van der Waals surface area contributed by atoms with Crippen molar-refractivity contribution in [3.05, 3.63) is 134 Å². The van der Waals surface area contributed by atoms with Crippen LogP contribution in [0.15, 0.2) is 134 Å². The maximum absolute atomic E-state index is 12.9. The Kier molecular flexibility index (Phi) is 49.1. The van der Waals surface area contributed by atoms with Crippen molar-refractivity contribution < 1.29 is 32.9 Å². The Morgan fingerprint density at radius 1 is 0.493 bits per heavy atom. The van der Waals surface area contributed by atoms with Gasteiger partial charge >= 0.3 is 7.82 Å². The van der Waals surface area contributed by atoms with Gasteiger partial charge in [0.2, 0.25) is 5.91 Å². The maximum atomic E-state index is 12.9. The van der Waals surface area contributed by atoms with Gasteiger partial charge in [0, 0.05) is 6.42 Å². The molecule has 0 rings (SSSR count). The highest BCUT2D eigenvalue weighted by Crippen LogP contribution is 2.43. The highest BCUT2D eigenvalue weighted by atomic mass is 31.2. The van der Waals surface area contributed by atoms with Gasteiger partial charge in [-0.1, -0.05) is 225 Å². The average molecular weight is 1010 g/mol. The number of nitrogens with one attached hydrogen (secondary N) is 1. The Hall–Kier alpha value is -3.36. The van der Waals surface area contributed by atoms with Crippen molar-refractivity contribution in [2.75, 3.05) is 40.9 Å². The van der Waals surface area contributed by atoms with Crippen molar-refractivity contribution in [2.24, 2.45) is 0 Å². The van der Waals surface area contributed by atoms with Crippen molar-refractivity contribution >= 4 is 13.7 Å². The lowest BCUT2D eigenvalue weighted by Crippen LogP contribution is -2.45. The zero-order valence-electron chi connectivity index (χ0n) is 45.9. The molecule has 71 heavy (non-hydrogen) atoms. The smallest absolute Gasteiger partial charge is 0.387 e. The van der Waals surface area contributed by atoms with E-state index in [1.54, 1.807) is 6.08 Å². The molecule has 0 fully saturated rings. The van der Waals surface area contributed by atoms with Gasteiger partial charge in [-0.3, -0.25) is 13.8 Å². The average Bonchev–Trinajstić information content (AvgIpc) is 3.33. The molecule has 0 spiro atoms. The van der Waals surface area contributed by atoms with Gasteiger partial charge in [0.15, 0.2) is 0 Å². The van der Waals surface area contributed by atoms with Gasteiger partial charge in [-0.15, -0.1) is 0 Å². The lowest BCUT2D eigenvalue weighted by molar-refractivity contribution is -0.870. The van der Waals surface area contributed by atoms with Crippen molar-refractivity contribution in [3.63, 3.8) is 0 Å². The molecular weight excluding hydrogens is 900 g/mol. The van der Waals surface area contributed by atoms with E-state index in [0.29, 0.717) is 17.4 Å². The van der Waals surface area contributed by atoms with Crippen molar-refractivity contribution in [3.8, 4) is 0 Å². The predicted octanol–water partition coefficient (Wildman–Crippen LogP) is 17.1. The van der Waals surface area contributed by atoms with E-state index in [1.807, 2.05) is 27.2 Å². The molecule has 0 aromatic heterocycles. The number of carbonyl (C=O) groups is 1. The van der Waals surface area contributed by atoms with Gasteiger partial charge in [-0.25, -0.2) is 4.57 Å². The maximum Gasteiger partial charge on any atom is 0.472 e. The number of amides is 1. The Morgan fingerprint density at radius 3 is 1.30 bits per heavy atom. The second-order valence-electron chi connectivity index (χ2n) is 19.6. The number of nitrogens with zero attached hydrogens (tertiary/aromatic N) is 1. The molecule has 0 bridgehead atoms. The molecule has 0 saturated carbocycles. The lowest BCUT2D eigenvalue weighted by atomic mass is 10.0. The molecule has 404 valence electrons. The van der Waals surface area contributed by atoms with Gasteiger partial charge in [-0.2, -0.15) is 0 Å². The minimum atomic E-state index is -4.36. The summed E-state index contributed by atoms with van der Waals surface area (Å²) in [5, 5.41) is 13.8. The number of carbonyl (C=O) groups excluding carboxylic acids is 1. The minimum absolute atomic E-state index is 0.0469. The third kappa shape index (κ3) is 54.3. The Bertz CT molecular complexity index is 1610. The number of aliphatic hydroxyl groups excluding tert-OH is 1. The van der Waals surface area contributed by atoms with Crippen molar-refractivity contribution in [1.29, 1.82) is 0 Å². The number of phosphoric ester groups is 1. The molecule has 3 unspecified atom stereocenters. The first-order valence-electron chi connectivity index (χ1n) is 28.1. The van der Waals surface area contributed by atoms with Crippen LogP contribution in [0.3, 0.4) is 0 Å². The van der Waals surface area contributed by atoms with E-state index in [-0.39, 0.29) is 19.1 Å². The molecule has 0 aromatic carbocycles. The van der Waals surface area contributed by atoms with E-state index in [0.717, 1.165) is 103 Å². The van der Waals surface area contributed by atoms with Crippen LogP contribution in [0.2, 0.25) is 0 Å². The number of hydrogen-bond donors (Lipinski definition) is 3. The summed E-state index contributed by atoms with van der Waals surface area (Å²) in [4.78, 5) is 23.2. The van der Waals surface area contributed by atoms with E-state index < -0.39 is 20.0 Å². The Labute approximate surface area is 436 Å². The molecule has 0 aromatic rings. The number of likely N-dealkylation sites (N-methyl/N-ethyl adjacent to an activating group) is 1. The van der Waals surface area contributed by atoms with Crippen LogP contribution >= 0.6 is 7.82 Å². The van der Waals surface area contributed by atoms with Crippen LogP contribution in [0.1, 0.15) is 200 Å². The zero-order valence-corrected chi connectivity index (χ0v) is 46.8. The molecule has 0 aliphatic heterocycles. The summed E-state index contributed by atoms with van der Waals surface area (Å²) in [6, 6.07) is -0.878. The summed E-state index contributed by atoms with van der Waals surface area (Å²) in [6.45, 7) is 4.59. The van der Waals surface area contributed by atoms with E-state index in [4.69, 9.17) is 9.05 Å². The van der Waals surface area contributed by atoms with Gasteiger partial charge in [0.25, 0.3) is 0 Å². The number of aliphatic hydroxyl groups is 1. The van der Waals surface area contributed by atoms with Crippen LogP contribution in [-0.2, 0) is 18.4 Å². The summed E-state index contributed by atoms with van der Waals surface area (Å²) in [7, 11) is 1.53. The second kappa shape index (κ2) is 51.5. The van der Waals surface area contributed by atoms with Crippen LogP contribution in [0, 0.1) is 0 Å². The summed E-state index contributed by atoms with van der Waals surface area (Å²) < 4.78 is 23.6. The van der Waals surface area contributed by atoms with Crippen molar-refractivity contribution in [2.45, 2.75) is 212 Å². The fourth-order valence-electron chi connectivity index (χ4n) is 7.19. The molecule has 0 aliphatic carbocycles. The lowest BCUT2D eigenvalue weighted by Gasteiger charge is -2.25. The first-order chi connectivity index (χ1) is 34.5. The molecule has 8 nitrogen and oxygen atoms in total. The first kappa shape index (κ1) is 67.6. The molecule has 9 heteroatoms. The monoisotopic (exact) mass is 1010 g/mol. The van der Waals surface area contributed by atoms with Crippen LogP contribution in [0.5, 0.6) is 0 Å². The van der Waals surface area contributed by atoms with Crippen LogP contribution in [-0.4, -0.2) is 73.4 Å². The third-order valence-electron chi connectivity index (χ3n) is 11.6. The van der Waals surface area contributed by atoms with Gasteiger partial charge in [0.05, 0.1) is 39.9 Å². The normalized spacial score (nSPS) is 15.0. The quantitative estimate of drug-likeness (QED) is 0.0243. The Morgan fingerprint density at radius 2 is 0.859 bits per heavy atom. The number of rotatable bonds is 49. The number of unbranched alkanes of at least 4 members (excludes halogenated alkanes) is 16. The molecule has 1 amide bonds. The molecule has 0 saturated heterocycles. The standard InChI is InChI=1S/C62H105N2O6P/c1-6-8-10-12-14-16-18-20-21-22-23-24-25-26-27-28-29-30-31-32-33-34-35-36-37-38-39-40-41-42-43-44-46-48-50-52-54-56-62(66)63-60(59-70-71(67,68)69-58-57-64(3,4)5)61(65)55-53-51-49-47-45-19-17-15-13-11-9-7-2/h8,10,13-16,20-21,23-24,26-27,29-30,32-33,35-36,45,47,53,55,60-61,65H,6-7,9,11-12,17-19,22,25,28,31,34,37-44,46,48-52,54,56-59H2,1-5H3,(H-,63,66,67,68)/p+1/b10-8-,15-13+,16-14-,21-20-,24-23-,27-26-,30-29-,33-32-,36-35-,47-45+,55-53+. The van der Waals surface area contributed by atoms with Crippen molar-refractivity contribution in [1.82, 2.24) is 5.32 Å². The van der Waals surface area contributed by atoms with Crippen LogP contribution in [0.25, 0.3) is 0 Å². The predicted molar refractivity (Wildman–Crippen MR) is 308 cm³/mol. The topological polar surface area (TPSA) is 105 Å². The van der Waals surface area contributed by atoms with Crippen LogP contribution in [0.4, 0.5) is 0 Å². The fourth-order valence-corrected chi connectivity index (χ4v) is 7.93. The number of quaternary nitrogens is 1. The van der Waals surface area contributed by atoms with Gasteiger partial charge in [0.1, 0.15) is 13.2 Å². The van der Waals surface area contributed by atoms with E-state index >= 15 is 0 Å². The fraction of sp³-hybridized carbons (Fsp3) is 0.629. The van der Waals surface area contributed by atoms with Crippen LogP contribution < -0.4 is 5.32 Å². The highest BCUT2D eigenvalue weighted by molar-refractivity contribution is 7.47. The third-order valence-corrected chi connectivity index (χ3v) is 12.6. The summed E-state index contributed by atoms with van der Waals surface area (Å²) in [5.74, 6) is -0.201. The SMILES string of the molecule is CC/C=C\C/C=C\C/C=C\C/C=C\C/C=C\C/C=C\C/C=C\C/C=C\CCCCCCCCCCCCCCC(=O)NC(COP(=O)(O)OCC[N+](C)(C)C)C(O)/C=C/CC/C=C/CC/C=C/CCCC. The molecule has 0 aliphatic rings. The zero-order chi connectivity index (χ0) is 52.0. The van der Waals surface area contributed by atoms with Gasteiger partial charge < -0.3 is 19.8 Å². The molecule has 3 N–H and O–H groups in total. The highest BCUT2D eigenvalue weighted by Gasteiger charge is 2.27. The van der Waals surface area contributed by atoms with E-state index in [2.05, 4.69) is 141 Å². The number of hydrogen-bond acceptors (Lipinski definition) is 5. The summed E-state index contributed by atoms with van der Waals surface area (Å²) >= 11 is 0. The second-order valence-corrected chi connectivity index (χ2v) is 21.0. The number of phosphoric acid groups is 1. The Balaban J connectivity index is 4.10. The summed E-state index contributed by atoms with van der Waals surface area (Å²) in [6.07, 6.45) is 78.5. The number of allylic oxidation sites excluding steroid dienone is 21.